The highest BCUT2D eigenvalue weighted by molar-refractivity contribution is 5.73. The summed E-state index contributed by atoms with van der Waals surface area (Å²) in [5.74, 6) is 1.30. The second-order valence-electron chi connectivity index (χ2n) is 4.36. The summed E-state index contributed by atoms with van der Waals surface area (Å²) >= 11 is 0. The number of nitrogens with one attached hydrogen (secondary N) is 2. The second kappa shape index (κ2) is 3.33. The molecule has 1 aliphatic rings. The van der Waals surface area contributed by atoms with E-state index in [2.05, 4.69) is 32.0 Å². The van der Waals surface area contributed by atoms with Crippen LogP contribution in [0.3, 0.4) is 0 Å². The van der Waals surface area contributed by atoms with E-state index in [1.807, 2.05) is 0 Å². The maximum atomic E-state index is 11.7. The molecular weight excluding hydrogens is 206 g/mol. The molecule has 2 N–H and O–H groups in total. The van der Waals surface area contributed by atoms with Crippen molar-refractivity contribution >= 4 is 17.0 Å². The fourth-order valence-electron chi connectivity index (χ4n) is 2.11. The minimum absolute atomic E-state index is 0.131. The first-order valence-corrected chi connectivity index (χ1v) is 5.42. The SMILES string of the molecule is CC1CCN(c2nc3[nH]ncc3c(=O)[nH]2)C1. The molecule has 1 unspecified atom stereocenters. The van der Waals surface area contributed by atoms with Crippen LogP contribution in [0.5, 0.6) is 0 Å². The Labute approximate surface area is 91.7 Å². The van der Waals surface area contributed by atoms with Crippen LogP contribution in [0.15, 0.2) is 11.0 Å². The maximum absolute atomic E-state index is 11.7. The van der Waals surface area contributed by atoms with Crippen LogP contribution >= 0.6 is 0 Å². The molecule has 3 rings (SSSR count). The molecule has 1 saturated heterocycles. The van der Waals surface area contributed by atoms with E-state index in [-0.39, 0.29) is 5.56 Å². The van der Waals surface area contributed by atoms with Gasteiger partial charge in [0.25, 0.3) is 5.56 Å². The lowest BCUT2D eigenvalue weighted by molar-refractivity contribution is 0.658. The number of nitrogens with zero attached hydrogens (tertiary/aromatic N) is 3. The summed E-state index contributed by atoms with van der Waals surface area (Å²) in [5, 5.41) is 7.06. The summed E-state index contributed by atoms with van der Waals surface area (Å²) in [6.07, 6.45) is 2.64. The summed E-state index contributed by atoms with van der Waals surface area (Å²) in [6, 6.07) is 0. The Morgan fingerprint density at radius 2 is 2.44 bits per heavy atom. The van der Waals surface area contributed by atoms with E-state index in [9.17, 15) is 4.79 Å². The Balaban J connectivity index is 2.07. The third-order valence-corrected chi connectivity index (χ3v) is 3.03. The average Bonchev–Trinajstić information content (AvgIpc) is 2.85. The highest BCUT2D eigenvalue weighted by Gasteiger charge is 2.21. The van der Waals surface area contributed by atoms with Gasteiger partial charge in [-0.2, -0.15) is 10.1 Å². The summed E-state index contributed by atoms with van der Waals surface area (Å²) in [6.45, 7) is 4.10. The highest BCUT2D eigenvalue weighted by Crippen LogP contribution is 2.19. The van der Waals surface area contributed by atoms with Gasteiger partial charge in [-0.15, -0.1) is 0 Å². The summed E-state index contributed by atoms with van der Waals surface area (Å²) < 4.78 is 0. The molecule has 1 fully saturated rings. The van der Waals surface area contributed by atoms with Gasteiger partial charge in [0.2, 0.25) is 5.95 Å². The molecule has 0 aromatic carbocycles. The standard InChI is InChI=1S/C10H13N5O/c1-6-2-3-15(5-6)10-12-8-7(4-11-14-8)9(16)13-10/h4,6H,2-3,5H2,1H3,(H2,11,12,13,14,16). The topological polar surface area (TPSA) is 77.7 Å². The van der Waals surface area contributed by atoms with Gasteiger partial charge in [-0.05, 0) is 12.3 Å². The molecule has 0 radical (unpaired) electrons. The number of anilines is 1. The van der Waals surface area contributed by atoms with Crippen LogP contribution in [0.4, 0.5) is 5.95 Å². The Kier molecular flexibility index (Phi) is 1.95. The van der Waals surface area contributed by atoms with Crippen molar-refractivity contribution in [2.45, 2.75) is 13.3 Å². The first kappa shape index (κ1) is 9.38. The molecular formula is C10H13N5O. The van der Waals surface area contributed by atoms with Crippen molar-refractivity contribution in [1.29, 1.82) is 0 Å². The maximum Gasteiger partial charge on any atom is 0.263 e. The van der Waals surface area contributed by atoms with Crippen molar-refractivity contribution in [3.8, 4) is 0 Å². The van der Waals surface area contributed by atoms with Crippen molar-refractivity contribution in [2.24, 2.45) is 5.92 Å². The average molecular weight is 219 g/mol. The smallest absolute Gasteiger partial charge is 0.263 e. The molecule has 1 aliphatic heterocycles. The number of fused-ring (bicyclic) bond motifs is 1. The molecule has 6 nitrogen and oxygen atoms in total. The number of H-pyrrole nitrogens is 2. The van der Waals surface area contributed by atoms with Gasteiger partial charge in [-0.1, -0.05) is 6.92 Å². The lowest BCUT2D eigenvalue weighted by atomic mass is 10.2. The monoisotopic (exact) mass is 219 g/mol. The lowest BCUT2D eigenvalue weighted by Crippen LogP contribution is -2.24. The highest BCUT2D eigenvalue weighted by atomic mass is 16.1. The number of hydrogen-bond donors (Lipinski definition) is 2. The third-order valence-electron chi connectivity index (χ3n) is 3.03. The van der Waals surface area contributed by atoms with E-state index in [1.165, 1.54) is 6.20 Å². The zero-order valence-corrected chi connectivity index (χ0v) is 9.03. The molecule has 84 valence electrons. The Hall–Kier alpha value is -1.85. The Morgan fingerprint density at radius 3 is 3.19 bits per heavy atom. The van der Waals surface area contributed by atoms with E-state index in [1.54, 1.807) is 0 Å². The summed E-state index contributed by atoms with van der Waals surface area (Å²) in [7, 11) is 0. The first-order chi connectivity index (χ1) is 7.74. The molecule has 3 heterocycles. The molecule has 0 spiro atoms. The Bertz CT molecular complexity index is 572. The zero-order chi connectivity index (χ0) is 11.1. The van der Waals surface area contributed by atoms with Gasteiger partial charge in [0, 0.05) is 13.1 Å². The van der Waals surface area contributed by atoms with Gasteiger partial charge in [-0.25, -0.2) is 0 Å². The van der Waals surface area contributed by atoms with Gasteiger partial charge < -0.3 is 4.90 Å². The van der Waals surface area contributed by atoms with Crippen LogP contribution in [0, 0.1) is 5.92 Å². The lowest BCUT2D eigenvalue weighted by Gasteiger charge is -2.15. The number of aromatic amines is 2. The van der Waals surface area contributed by atoms with Gasteiger partial charge in [0.1, 0.15) is 5.39 Å². The van der Waals surface area contributed by atoms with E-state index < -0.39 is 0 Å². The minimum Gasteiger partial charge on any atom is -0.342 e. The van der Waals surface area contributed by atoms with E-state index in [4.69, 9.17) is 0 Å². The van der Waals surface area contributed by atoms with Crippen LogP contribution in [-0.2, 0) is 0 Å². The van der Waals surface area contributed by atoms with Crippen LogP contribution in [-0.4, -0.2) is 33.3 Å². The quantitative estimate of drug-likeness (QED) is 0.731. The van der Waals surface area contributed by atoms with Crippen molar-refractivity contribution < 1.29 is 0 Å². The van der Waals surface area contributed by atoms with E-state index in [0.29, 0.717) is 22.9 Å². The third kappa shape index (κ3) is 1.37. The first-order valence-electron chi connectivity index (χ1n) is 5.42. The number of aromatic nitrogens is 4. The molecule has 0 bridgehead atoms. The minimum atomic E-state index is -0.131. The van der Waals surface area contributed by atoms with Crippen molar-refractivity contribution in [3.63, 3.8) is 0 Å². The predicted octanol–water partition coefficient (Wildman–Crippen LogP) is 0.492. The molecule has 2 aromatic heterocycles. The fraction of sp³-hybridized carbons (Fsp3) is 0.500. The largest absolute Gasteiger partial charge is 0.342 e. The van der Waals surface area contributed by atoms with E-state index >= 15 is 0 Å². The van der Waals surface area contributed by atoms with E-state index in [0.717, 1.165) is 19.5 Å². The van der Waals surface area contributed by atoms with Crippen molar-refractivity contribution in [1.82, 2.24) is 20.2 Å². The van der Waals surface area contributed by atoms with Gasteiger partial charge >= 0.3 is 0 Å². The molecule has 2 aromatic rings. The molecule has 1 atom stereocenters. The fourth-order valence-corrected chi connectivity index (χ4v) is 2.11. The molecule has 6 heteroatoms. The van der Waals surface area contributed by atoms with Crippen LogP contribution in [0.25, 0.3) is 11.0 Å². The van der Waals surface area contributed by atoms with Gasteiger partial charge in [0.15, 0.2) is 5.65 Å². The molecule has 16 heavy (non-hydrogen) atoms. The predicted molar refractivity (Wildman–Crippen MR) is 60.5 cm³/mol. The number of hydrogen-bond acceptors (Lipinski definition) is 4. The molecule has 0 amide bonds. The van der Waals surface area contributed by atoms with Crippen LogP contribution in [0.2, 0.25) is 0 Å². The van der Waals surface area contributed by atoms with Crippen LogP contribution in [0.1, 0.15) is 13.3 Å². The van der Waals surface area contributed by atoms with Gasteiger partial charge in [-0.3, -0.25) is 14.9 Å². The molecule has 0 aliphatic carbocycles. The normalized spacial score (nSPS) is 20.8. The number of rotatable bonds is 1. The van der Waals surface area contributed by atoms with Crippen molar-refractivity contribution in [2.75, 3.05) is 18.0 Å². The second-order valence-corrected chi connectivity index (χ2v) is 4.36. The zero-order valence-electron chi connectivity index (χ0n) is 9.03. The van der Waals surface area contributed by atoms with Crippen molar-refractivity contribution in [3.05, 3.63) is 16.6 Å². The summed E-state index contributed by atoms with van der Waals surface area (Å²) in [4.78, 5) is 21.0. The molecule has 0 saturated carbocycles. The summed E-state index contributed by atoms with van der Waals surface area (Å²) in [5.41, 5.74) is 0.423. The van der Waals surface area contributed by atoms with Crippen LogP contribution < -0.4 is 10.5 Å². The van der Waals surface area contributed by atoms with Gasteiger partial charge in [0.05, 0.1) is 6.20 Å². The Morgan fingerprint density at radius 1 is 1.56 bits per heavy atom.